The fourth-order valence-electron chi connectivity index (χ4n) is 3.12. The Kier molecular flexibility index (Phi) is 2.61. The average Bonchev–Trinajstić information content (AvgIpc) is 2.31. The predicted octanol–water partition coefficient (Wildman–Crippen LogP) is 1.99. The van der Waals surface area contributed by atoms with Crippen molar-refractivity contribution in [3.05, 3.63) is 0 Å². The molecule has 2 unspecified atom stereocenters. The molecule has 2 heteroatoms. The lowest BCUT2D eigenvalue weighted by Crippen LogP contribution is -2.49. The molecular formula is C12H24N2. The summed E-state index contributed by atoms with van der Waals surface area (Å²) < 4.78 is 0. The van der Waals surface area contributed by atoms with E-state index in [9.17, 15) is 0 Å². The summed E-state index contributed by atoms with van der Waals surface area (Å²) >= 11 is 0. The normalized spacial score (nSPS) is 39.0. The quantitative estimate of drug-likeness (QED) is 0.695. The second-order valence-corrected chi connectivity index (χ2v) is 6.35. The van der Waals surface area contributed by atoms with Crippen LogP contribution in [0.15, 0.2) is 0 Å². The zero-order valence-electron chi connectivity index (χ0n) is 9.79. The molecule has 0 amide bonds. The van der Waals surface area contributed by atoms with Gasteiger partial charge in [-0.15, -0.1) is 0 Å². The molecule has 2 atom stereocenters. The molecule has 2 aliphatic heterocycles. The molecule has 0 aromatic heterocycles. The highest BCUT2D eigenvalue weighted by Gasteiger charge is 2.40. The molecule has 2 aliphatic rings. The third-order valence-corrected chi connectivity index (χ3v) is 3.58. The van der Waals surface area contributed by atoms with Gasteiger partial charge < -0.3 is 5.73 Å². The maximum atomic E-state index is 6.05. The zero-order valence-corrected chi connectivity index (χ0v) is 9.79. The Morgan fingerprint density at radius 3 is 2.07 bits per heavy atom. The Morgan fingerprint density at radius 2 is 1.64 bits per heavy atom. The van der Waals surface area contributed by atoms with E-state index in [1.165, 1.54) is 32.2 Å². The molecule has 2 rings (SSSR count). The first kappa shape index (κ1) is 10.4. The molecule has 0 aliphatic carbocycles. The van der Waals surface area contributed by atoms with Crippen LogP contribution in [0, 0.1) is 5.41 Å². The van der Waals surface area contributed by atoms with E-state index in [2.05, 4.69) is 25.7 Å². The van der Waals surface area contributed by atoms with E-state index in [1.807, 2.05) is 0 Å². The van der Waals surface area contributed by atoms with Crippen LogP contribution in [-0.2, 0) is 0 Å². The molecule has 2 N–H and O–H groups in total. The monoisotopic (exact) mass is 196 g/mol. The van der Waals surface area contributed by atoms with Gasteiger partial charge in [0, 0.05) is 24.7 Å². The molecule has 0 spiro atoms. The van der Waals surface area contributed by atoms with Crippen LogP contribution in [0.3, 0.4) is 0 Å². The summed E-state index contributed by atoms with van der Waals surface area (Å²) in [6, 6.07) is 2.06. The first-order chi connectivity index (χ1) is 6.46. The van der Waals surface area contributed by atoms with Gasteiger partial charge in [-0.2, -0.15) is 0 Å². The lowest BCUT2D eigenvalue weighted by atomic mass is 9.91. The van der Waals surface area contributed by atoms with Crippen molar-refractivity contribution in [3.63, 3.8) is 0 Å². The number of nitrogens with two attached hydrogens (primary N) is 1. The molecule has 82 valence electrons. The smallest absolute Gasteiger partial charge is 0.0114 e. The van der Waals surface area contributed by atoms with Gasteiger partial charge in [0.2, 0.25) is 0 Å². The summed E-state index contributed by atoms with van der Waals surface area (Å²) in [7, 11) is 0. The van der Waals surface area contributed by atoms with E-state index >= 15 is 0 Å². The first-order valence-corrected chi connectivity index (χ1v) is 5.97. The Bertz CT molecular complexity index is 193. The zero-order chi connectivity index (χ0) is 10.3. The second kappa shape index (κ2) is 3.49. The summed E-state index contributed by atoms with van der Waals surface area (Å²) in [4.78, 5) is 2.73. The van der Waals surface area contributed by atoms with E-state index in [0.717, 1.165) is 12.1 Å². The van der Waals surface area contributed by atoms with Crippen LogP contribution in [0.25, 0.3) is 0 Å². The van der Waals surface area contributed by atoms with Crippen molar-refractivity contribution in [2.24, 2.45) is 11.1 Å². The van der Waals surface area contributed by atoms with E-state index < -0.39 is 0 Å². The first-order valence-electron chi connectivity index (χ1n) is 5.97. The van der Waals surface area contributed by atoms with Crippen LogP contribution in [-0.4, -0.2) is 29.6 Å². The van der Waals surface area contributed by atoms with E-state index in [-0.39, 0.29) is 0 Å². The minimum Gasteiger partial charge on any atom is -0.328 e. The van der Waals surface area contributed by atoms with Crippen molar-refractivity contribution in [2.75, 3.05) is 6.54 Å². The summed E-state index contributed by atoms with van der Waals surface area (Å²) in [6.45, 7) is 8.25. The Balaban J connectivity index is 2.01. The van der Waals surface area contributed by atoms with Gasteiger partial charge in [-0.3, -0.25) is 4.90 Å². The van der Waals surface area contributed by atoms with Gasteiger partial charge in [0.1, 0.15) is 0 Å². The molecular weight excluding hydrogens is 172 g/mol. The highest BCUT2D eigenvalue weighted by molar-refractivity contribution is 4.97. The standard InChI is InChI=1S/C12H24N2/c1-12(2,3)8-14-10-4-5-11(14)7-9(13)6-10/h9-11H,4-8,13H2,1-3H3. The van der Waals surface area contributed by atoms with Gasteiger partial charge in [0.15, 0.2) is 0 Å². The summed E-state index contributed by atoms with van der Waals surface area (Å²) in [5.74, 6) is 0. The predicted molar refractivity (Wildman–Crippen MR) is 60.2 cm³/mol. The summed E-state index contributed by atoms with van der Waals surface area (Å²) in [6.07, 6.45) is 5.22. The van der Waals surface area contributed by atoms with Gasteiger partial charge >= 0.3 is 0 Å². The molecule has 2 nitrogen and oxygen atoms in total. The third kappa shape index (κ3) is 2.12. The fourth-order valence-corrected chi connectivity index (χ4v) is 3.12. The van der Waals surface area contributed by atoms with Crippen LogP contribution in [0.4, 0.5) is 0 Å². The van der Waals surface area contributed by atoms with Gasteiger partial charge in [-0.1, -0.05) is 20.8 Å². The molecule has 14 heavy (non-hydrogen) atoms. The highest BCUT2D eigenvalue weighted by Crippen LogP contribution is 2.36. The maximum absolute atomic E-state index is 6.05. The van der Waals surface area contributed by atoms with Crippen molar-refractivity contribution >= 4 is 0 Å². The topological polar surface area (TPSA) is 29.3 Å². The van der Waals surface area contributed by atoms with Gasteiger partial charge in [-0.05, 0) is 31.1 Å². The van der Waals surface area contributed by atoms with Crippen LogP contribution < -0.4 is 5.73 Å². The second-order valence-electron chi connectivity index (χ2n) is 6.35. The van der Waals surface area contributed by atoms with Crippen molar-refractivity contribution in [1.29, 1.82) is 0 Å². The number of piperidine rings is 1. The number of hydrogen-bond acceptors (Lipinski definition) is 2. The Morgan fingerprint density at radius 1 is 1.14 bits per heavy atom. The minimum atomic E-state index is 0.433. The minimum absolute atomic E-state index is 0.433. The van der Waals surface area contributed by atoms with Crippen molar-refractivity contribution in [3.8, 4) is 0 Å². The van der Waals surface area contributed by atoms with Crippen LogP contribution in [0.2, 0.25) is 0 Å². The average molecular weight is 196 g/mol. The van der Waals surface area contributed by atoms with Gasteiger partial charge in [0.05, 0.1) is 0 Å². The van der Waals surface area contributed by atoms with Gasteiger partial charge in [0.25, 0.3) is 0 Å². The van der Waals surface area contributed by atoms with E-state index in [4.69, 9.17) is 5.73 Å². The number of nitrogens with zero attached hydrogens (tertiary/aromatic N) is 1. The number of fused-ring (bicyclic) bond motifs is 2. The van der Waals surface area contributed by atoms with Gasteiger partial charge in [-0.25, -0.2) is 0 Å². The van der Waals surface area contributed by atoms with Crippen LogP contribution in [0.5, 0.6) is 0 Å². The lowest BCUT2D eigenvalue weighted by molar-refractivity contribution is 0.0872. The maximum Gasteiger partial charge on any atom is 0.0114 e. The molecule has 0 radical (unpaired) electrons. The van der Waals surface area contributed by atoms with E-state index in [1.54, 1.807) is 0 Å². The summed E-state index contributed by atoms with van der Waals surface area (Å²) in [5.41, 5.74) is 6.49. The largest absolute Gasteiger partial charge is 0.328 e. The lowest BCUT2D eigenvalue weighted by Gasteiger charge is -2.41. The Hall–Kier alpha value is -0.0800. The molecule has 2 bridgehead atoms. The molecule has 2 saturated heterocycles. The van der Waals surface area contributed by atoms with E-state index in [0.29, 0.717) is 11.5 Å². The SMILES string of the molecule is CC(C)(C)CN1C2CCC1CC(N)C2. The van der Waals surface area contributed by atoms with Crippen molar-refractivity contribution in [1.82, 2.24) is 4.90 Å². The van der Waals surface area contributed by atoms with Crippen LogP contribution in [0.1, 0.15) is 46.5 Å². The number of rotatable bonds is 1. The Labute approximate surface area is 87.8 Å². The number of hydrogen-bond donors (Lipinski definition) is 1. The fraction of sp³-hybridized carbons (Fsp3) is 1.00. The molecule has 0 saturated carbocycles. The van der Waals surface area contributed by atoms with Crippen molar-refractivity contribution in [2.45, 2.75) is 64.6 Å². The summed E-state index contributed by atoms with van der Waals surface area (Å²) in [5, 5.41) is 0. The molecule has 0 aromatic rings. The highest BCUT2D eigenvalue weighted by atomic mass is 15.2. The molecule has 0 aromatic carbocycles. The molecule has 2 heterocycles. The van der Waals surface area contributed by atoms with Crippen molar-refractivity contribution < 1.29 is 0 Å². The molecule has 2 fully saturated rings. The van der Waals surface area contributed by atoms with Crippen LogP contribution >= 0.6 is 0 Å². The third-order valence-electron chi connectivity index (χ3n) is 3.58.